The fourth-order valence-corrected chi connectivity index (χ4v) is 4.46. The minimum absolute atomic E-state index is 0.146. The van der Waals surface area contributed by atoms with Crippen LogP contribution in [0.3, 0.4) is 0 Å². The number of imide groups is 1. The number of benzene rings is 2. The number of amides is 3. The first kappa shape index (κ1) is 21.3. The molecule has 2 heterocycles. The lowest BCUT2D eigenvalue weighted by Crippen LogP contribution is -2.44. The molecule has 8 heteroatoms. The van der Waals surface area contributed by atoms with Gasteiger partial charge in [0, 0.05) is 16.0 Å². The number of halogens is 1. The number of thiazole rings is 1. The molecule has 0 spiro atoms. The Hall–Kier alpha value is -2.90. The Balaban J connectivity index is 1.42. The number of rotatable bonds is 7. The van der Waals surface area contributed by atoms with Crippen molar-refractivity contribution in [1.29, 1.82) is 0 Å². The van der Waals surface area contributed by atoms with Gasteiger partial charge in [-0.2, -0.15) is 0 Å². The number of nitrogens with one attached hydrogen (secondary N) is 1. The summed E-state index contributed by atoms with van der Waals surface area (Å²) in [6, 6.07) is 14.7. The molecule has 0 saturated carbocycles. The van der Waals surface area contributed by atoms with Crippen LogP contribution in [0.15, 0.2) is 53.9 Å². The van der Waals surface area contributed by atoms with Gasteiger partial charge < -0.3 is 10.1 Å². The van der Waals surface area contributed by atoms with Crippen molar-refractivity contribution in [2.75, 3.05) is 7.11 Å². The van der Waals surface area contributed by atoms with Crippen LogP contribution in [0.2, 0.25) is 5.02 Å². The van der Waals surface area contributed by atoms with Gasteiger partial charge in [-0.1, -0.05) is 35.9 Å². The monoisotopic (exact) mass is 455 g/mol. The van der Waals surface area contributed by atoms with E-state index in [0.717, 1.165) is 21.9 Å². The van der Waals surface area contributed by atoms with E-state index in [9.17, 15) is 9.59 Å². The van der Waals surface area contributed by atoms with E-state index in [-0.39, 0.29) is 18.5 Å². The summed E-state index contributed by atoms with van der Waals surface area (Å²) >= 11 is 7.41. The van der Waals surface area contributed by atoms with Crippen LogP contribution in [-0.2, 0) is 17.8 Å². The van der Waals surface area contributed by atoms with Crippen molar-refractivity contribution >= 4 is 34.9 Å². The van der Waals surface area contributed by atoms with E-state index in [0.29, 0.717) is 23.6 Å². The molecule has 0 aliphatic carbocycles. The minimum Gasteiger partial charge on any atom is -0.497 e. The third kappa shape index (κ3) is 4.57. The molecule has 1 atom stereocenters. The average Bonchev–Trinajstić information content (AvgIpc) is 3.32. The Bertz CT molecular complexity index is 1100. The number of aryl methyl sites for hydroxylation is 1. The summed E-state index contributed by atoms with van der Waals surface area (Å²) in [5.41, 5.74) is 1.76. The highest BCUT2D eigenvalue weighted by Crippen LogP contribution is 2.28. The van der Waals surface area contributed by atoms with Crippen molar-refractivity contribution in [3.05, 3.63) is 70.2 Å². The molecular weight excluding hydrogens is 434 g/mol. The zero-order valence-corrected chi connectivity index (χ0v) is 18.8. The van der Waals surface area contributed by atoms with E-state index in [1.807, 2.05) is 53.9 Å². The number of ether oxygens (including phenoxy) is 1. The molecule has 2 aromatic carbocycles. The van der Waals surface area contributed by atoms with Gasteiger partial charge in [-0.15, -0.1) is 11.3 Å². The number of hydrogen-bond donors (Lipinski definition) is 1. The van der Waals surface area contributed by atoms with Crippen LogP contribution in [0.4, 0.5) is 4.79 Å². The summed E-state index contributed by atoms with van der Waals surface area (Å²) in [6.45, 7) is 1.92. The Labute approximate surface area is 189 Å². The number of aromatic nitrogens is 1. The number of carbonyl (C=O) groups excluding carboxylic acids is 2. The maximum absolute atomic E-state index is 13.1. The summed E-state index contributed by atoms with van der Waals surface area (Å²) in [5, 5.41) is 6.22. The molecule has 1 aliphatic heterocycles. The van der Waals surface area contributed by atoms with E-state index >= 15 is 0 Å². The van der Waals surface area contributed by atoms with Crippen LogP contribution >= 0.6 is 22.9 Å². The van der Waals surface area contributed by atoms with E-state index in [1.165, 1.54) is 16.2 Å². The second-order valence-electron chi connectivity index (χ2n) is 7.65. The molecule has 0 radical (unpaired) electrons. The zero-order chi connectivity index (χ0) is 22.0. The number of hydrogen-bond acceptors (Lipinski definition) is 5. The third-order valence-corrected chi connectivity index (χ3v) is 6.57. The Kier molecular flexibility index (Phi) is 5.98. The van der Waals surface area contributed by atoms with E-state index in [2.05, 4.69) is 10.3 Å². The van der Waals surface area contributed by atoms with Gasteiger partial charge >= 0.3 is 6.03 Å². The second-order valence-corrected chi connectivity index (χ2v) is 8.95. The van der Waals surface area contributed by atoms with Gasteiger partial charge in [0.1, 0.15) is 16.3 Å². The summed E-state index contributed by atoms with van der Waals surface area (Å²) in [5.74, 6) is 0.555. The molecule has 3 aromatic rings. The van der Waals surface area contributed by atoms with Gasteiger partial charge in [-0.3, -0.25) is 9.69 Å². The topological polar surface area (TPSA) is 71.5 Å². The standard InChI is InChI=1S/C23H22ClN3O3S/c1-23(12-11-15-3-9-19(30-2)10-4-15)21(28)27(22(29)26-23)13-18-14-31-20(25-18)16-5-7-17(24)8-6-16/h3-10,14H,11-13H2,1-2H3,(H,26,29)/t23-/m0/s1. The maximum atomic E-state index is 13.1. The van der Waals surface area contributed by atoms with Crippen LogP contribution in [0, 0.1) is 0 Å². The van der Waals surface area contributed by atoms with Crippen LogP contribution in [0.5, 0.6) is 5.75 Å². The van der Waals surface area contributed by atoms with Crippen molar-refractivity contribution in [3.63, 3.8) is 0 Å². The first-order chi connectivity index (χ1) is 14.9. The summed E-state index contributed by atoms with van der Waals surface area (Å²) in [4.78, 5) is 31.4. The highest BCUT2D eigenvalue weighted by atomic mass is 35.5. The molecule has 31 heavy (non-hydrogen) atoms. The molecule has 3 amide bonds. The quantitative estimate of drug-likeness (QED) is 0.513. The SMILES string of the molecule is COc1ccc(CC[C@]2(C)NC(=O)N(Cc3csc(-c4ccc(Cl)cc4)n3)C2=O)cc1. The lowest BCUT2D eigenvalue weighted by molar-refractivity contribution is -0.131. The molecule has 6 nitrogen and oxygen atoms in total. The van der Waals surface area contributed by atoms with Gasteiger partial charge in [0.2, 0.25) is 0 Å². The van der Waals surface area contributed by atoms with Crippen LogP contribution in [0.1, 0.15) is 24.6 Å². The molecule has 4 rings (SSSR count). The number of urea groups is 1. The summed E-state index contributed by atoms with van der Waals surface area (Å²) in [7, 11) is 1.62. The fourth-order valence-electron chi connectivity index (χ4n) is 3.51. The lowest BCUT2D eigenvalue weighted by Gasteiger charge is -2.21. The van der Waals surface area contributed by atoms with Gasteiger partial charge in [-0.25, -0.2) is 9.78 Å². The summed E-state index contributed by atoms with van der Waals surface area (Å²) < 4.78 is 5.18. The number of nitrogens with zero attached hydrogens (tertiary/aromatic N) is 2. The summed E-state index contributed by atoms with van der Waals surface area (Å²) in [6.07, 6.45) is 1.17. The first-order valence-corrected chi connectivity index (χ1v) is 11.1. The average molecular weight is 456 g/mol. The van der Waals surface area contributed by atoms with E-state index in [1.54, 1.807) is 14.0 Å². The fraction of sp³-hybridized carbons (Fsp3) is 0.261. The molecule has 1 aliphatic rings. The minimum atomic E-state index is -0.938. The molecule has 1 saturated heterocycles. The van der Waals surface area contributed by atoms with Crippen LogP contribution in [-0.4, -0.2) is 34.5 Å². The third-order valence-electron chi connectivity index (χ3n) is 5.38. The Morgan fingerprint density at radius 1 is 1.13 bits per heavy atom. The molecule has 1 aromatic heterocycles. The maximum Gasteiger partial charge on any atom is 0.325 e. The number of methoxy groups -OCH3 is 1. The van der Waals surface area contributed by atoms with Crippen LogP contribution < -0.4 is 10.1 Å². The van der Waals surface area contributed by atoms with Gasteiger partial charge in [0.15, 0.2) is 0 Å². The molecular formula is C23H22ClN3O3S. The van der Waals surface area contributed by atoms with Crippen molar-refractivity contribution in [2.45, 2.75) is 31.8 Å². The second kappa shape index (κ2) is 8.69. The predicted octanol–water partition coefficient (Wildman–Crippen LogP) is 4.92. The lowest BCUT2D eigenvalue weighted by atomic mass is 9.93. The number of carbonyl (C=O) groups is 2. The van der Waals surface area contributed by atoms with Crippen molar-refractivity contribution < 1.29 is 14.3 Å². The molecule has 160 valence electrons. The highest BCUT2D eigenvalue weighted by molar-refractivity contribution is 7.13. The van der Waals surface area contributed by atoms with Gasteiger partial charge in [0.25, 0.3) is 5.91 Å². The van der Waals surface area contributed by atoms with Crippen LogP contribution in [0.25, 0.3) is 10.6 Å². The smallest absolute Gasteiger partial charge is 0.325 e. The van der Waals surface area contributed by atoms with Crippen molar-refractivity contribution in [1.82, 2.24) is 15.2 Å². The van der Waals surface area contributed by atoms with E-state index in [4.69, 9.17) is 16.3 Å². The van der Waals surface area contributed by atoms with Crippen molar-refractivity contribution in [2.24, 2.45) is 0 Å². The highest BCUT2D eigenvalue weighted by Gasteiger charge is 2.47. The zero-order valence-electron chi connectivity index (χ0n) is 17.2. The first-order valence-electron chi connectivity index (χ1n) is 9.85. The van der Waals surface area contributed by atoms with Gasteiger partial charge in [0.05, 0.1) is 19.3 Å². The molecule has 1 fully saturated rings. The normalized spacial score (nSPS) is 18.4. The largest absolute Gasteiger partial charge is 0.497 e. The van der Waals surface area contributed by atoms with E-state index < -0.39 is 5.54 Å². The predicted molar refractivity (Wildman–Crippen MR) is 121 cm³/mol. The molecule has 1 N–H and O–H groups in total. The molecule has 0 unspecified atom stereocenters. The van der Waals surface area contributed by atoms with Gasteiger partial charge in [-0.05, 0) is 49.6 Å². The molecule has 0 bridgehead atoms. The van der Waals surface area contributed by atoms with Crippen molar-refractivity contribution in [3.8, 4) is 16.3 Å². The Morgan fingerprint density at radius 2 is 1.84 bits per heavy atom. The Morgan fingerprint density at radius 3 is 2.52 bits per heavy atom.